The molecule has 4 heterocycles. The van der Waals surface area contributed by atoms with Gasteiger partial charge >= 0.3 is 0 Å². The van der Waals surface area contributed by atoms with Crippen LogP contribution in [0.1, 0.15) is 0 Å². The predicted octanol–water partition coefficient (Wildman–Crippen LogP) is 18.1. The molecule has 0 saturated carbocycles. The fraction of sp³-hybridized carbons (Fsp3) is 0. The molecular weight excluding hydrogens is 911 g/mol. The van der Waals surface area contributed by atoms with Crippen LogP contribution in [0.2, 0.25) is 0 Å². The summed E-state index contributed by atoms with van der Waals surface area (Å²) in [6.07, 6.45) is 0. The second kappa shape index (κ2) is 17.3. The average molecular weight is 956 g/mol. The molecule has 0 N–H and O–H groups in total. The topological polar surface area (TPSA) is 40.6 Å². The van der Waals surface area contributed by atoms with Crippen LogP contribution in [0.4, 0.5) is 0 Å². The van der Waals surface area contributed by atoms with Crippen LogP contribution in [-0.4, -0.2) is 23.7 Å². The van der Waals surface area contributed by atoms with Crippen LogP contribution in [0.3, 0.4) is 0 Å². The minimum absolute atomic E-state index is 0.677. The molecule has 0 bridgehead atoms. The SMILES string of the molecule is c1ccc(-c2cc(-c3cc(-c4ccccc4)c(-n4c5cc(-n6c7ccccc7c7ccccc76)ccc5c5c(-n6c7ccccc7c7ccccc76)cccc54)c(-c4ccccc4)c3)nc(-c3ccccc3)n2)cc1. The third-order valence-corrected chi connectivity index (χ3v) is 15.0. The molecule has 0 aliphatic rings. The lowest BCUT2D eigenvalue weighted by molar-refractivity contribution is 1.15. The van der Waals surface area contributed by atoms with Crippen molar-refractivity contribution in [3.8, 4) is 73.2 Å². The number of para-hydroxylation sites is 4. The van der Waals surface area contributed by atoms with Gasteiger partial charge in [-0.25, -0.2) is 9.97 Å². The predicted molar refractivity (Wildman–Crippen MR) is 312 cm³/mol. The largest absolute Gasteiger partial charge is 0.309 e. The number of aromatic nitrogens is 5. The van der Waals surface area contributed by atoms with E-state index in [9.17, 15) is 0 Å². The summed E-state index contributed by atoms with van der Waals surface area (Å²) in [5.41, 5.74) is 19.2. The molecule has 0 spiro atoms. The van der Waals surface area contributed by atoms with Crippen molar-refractivity contribution in [2.45, 2.75) is 0 Å². The summed E-state index contributed by atoms with van der Waals surface area (Å²) in [5.74, 6) is 0.677. The summed E-state index contributed by atoms with van der Waals surface area (Å²) >= 11 is 0. The molecule has 350 valence electrons. The van der Waals surface area contributed by atoms with E-state index < -0.39 is 0 Å². The van der Waals surface area contributed by atoms with Gasteiger partial charge in [-0.15, -0.1) is 0 Å². The second-order valence-electron chi connectivity index (χ2n) is 19.3. The third kappa shape index (κ3) is 6.86. The van der Waals surface area contributed by atoms with Crippen LogP contribution in [0.25, 0.3) is 139 Å². The highest BCUT2D eigenvalue weighted by Gasteiger charge is 2.26. The smallest absolute Gasteiger partial charge is 0.160 e. The molecular formula is C70H45N5. The molecule has 5 nitrogen and oxygen atoms in total. The van der Waals surface area contributed by atoms with Crippen LogP contribution in [-0.2, 0) is 0 Å². The van der Waals surface area contributed by atoms with Crippen molar-refractivity contribution in [3.63, 3.8) is 0 Å². The summed E-state index contributed by atoms with van der Waals surface area (Å²) in [4.78, 5) is 10.6. The first-order valence-corrected chi connectivity index (χ1v) is 25.6. The molecule has 75 heavy (non-hydrogen) atoms. The van der Waals surface area contributed by atoms with E-state index in [2.05, 4.69) is 275 Å². The van der Waals surface area contributed by atoms with Crippen LogP contribution in [0.5, 0.6) is 0 Å². The number of fused-ring (bicyclic) bond motifs is 9. The molecule has 0 fully saturated rings. The Hall–Kier alpha value is -10.1. The van der Waals surface area contributed by atoms with E-state index in [4.69, 9.17) is 9.97 Å². The van der Waals surface area contributed by atoms with Gasteiger partial charge in [-0.3, -0.25) is 0 Å². The maximum atomic E-state index is 5.42. The monoisotopic (exact) mass is 955 g/mol. The van der Waals surface area contributed by atoms with Gasteiger partial charge in [-0.2, -0.15) is 0 Å². The first-order chi connectivity index (χ1) is 37.2. The minimum Gasteiger partial charge on any atom is -0.309 e. The highest BCUT2D eigenvalue weighted by Crippen LogP contribution is 2.47. The molecule has 15 aromatic rings. The molecule has 11 aromatic carbocycles. The van der Waals surface area contributed by atoms with E-state index in [1.54, 1.807) is 0 Å². The van der Waals surface area contributed by atoms with E-state index in [0.29, 0.717) is 5.82 Å². The Morgan fingerprint density at radius 2 is 0.680 bits per heavy atom. The zero-order valence-electron chi connectivity index (χ0n) is 40.7. The van der Waals surface area contributed by atoms with E-state index in [0.717, 1.165) is 83.8 Å². The summed E-state index contributed by atoms with van der Waals surface area (Å²) in [6, 6.07) is 98.5. The molecule has 0 atom stereocenters. The van der Waals surface area contributed by atoms with Gasteiger partial charge in [0.25, 0.3) is 0 Å². The molecule has 5 heteroatoms. The molecule has 0 amide bonds. The zero-order chi connectivity index (χ0) is 49.4. The Bertz CT molecular complexity index is 4460. The quantitative estimate of drug-likeness (QED) is 0.152. The van der Waals surface area contributed by atoms with E-state index in [1.165, 1.54) is 49.0 Å². The fourth-order valence-electron chi connectivity index (χ4n) is 11.8. The number of nitrogens with zero attached hydrogens (tertiary/aromatic N) is 5. The Morgan fingerprint density at radius 1 is 0.253 bits per heavy atom. The number of benzene rings is 11. The molecule has 0 aliphatic carbocycles. The lowest BCUT2D eigenvalue weighted by Gasteiger charge is -2.22. The summed E-state index contributed by atoms with van der Waals surface area (Å²) in [7, 11) is 0. The standard InChI is InChI=1S/C70H45N5/c1-5-22-46(23-6-1)57-42-50(60-45-59(48-26-9-3-10-27-48)71-70(72-60)49-28-11-4-12-29-49)43-58(47-24-7-2-8-25-47)69(57)75-66-39-21-38-65(74-63-36-19-15-32-54(63)55-33-16-20-37-64(55)74)68(66)56-41-40-51(44-67(56)75)73-61-34-17-13-30-52(61)53-31-14-18-35-62(53)73/h1-45H. The molecule has 0 unspecified atom stereocenters. The molecule has 0 aliphatic heterocycles. The van der Waals surface area contributed by atoms with Crippen molar-refractivity contribution in [3.05, 3.63) is 273 Å². The van der Waals surface area contributed by atoms with Gasteiger partial charge < -0.3 is 13.7 Å². The summed E-state index contributed by atoms with van der Waals surface area (Å²) in [5, 5.41) is 7.24. The van der Waals surface area contributed by atoms with Crippen LogP contribution in [0.15, 0.2) is 273 Å². The lowest BCUT2D eigenvalue weighted by Crippen LogP contribution is -2.03. The van der Waals surface area contributed by atoms with Crippen molar-refractivity contribution < 1.29 is 0 Å². The number of hydrogen-bond acceptors (Lipinski definition) is 2. The van der Waals surface area contributed by atoms with E-state index in [-0.39, 0.29) is 0 Å². The molecule has 15 rings (SSSR count). The van der Waals surface area contributed by atoms with Crippen LogP contribution < -0.4 is 0 Å². The lowest BCUT2D eigenvalue weighted by atomic mass is 9.91. The highest BCUT2D eigenvalue weighted by atomic mass is 15.0. The number of rotatable bonds is 8. The highest BCUT2D eigenvalue weighted by molar-refractivity contribution is 6.18. The fourth-order valence-corrected chi connectivity index (χ4v) is 11.8. The van der Waals surface area contributed by atoms with Gasteiger partial charge in [0.1, 0.15) is 0 Å². The Morgan fingerprint density at radius 3 is 1.20 bits per heavy atom. The Kier molecular flexibility index (Phi) is 9.82. The van der Waals surface area contributed by atoms with Gasteiger partial charge in [0.05, 0.1) is 55.9 Å². The normalized spacial score (nSPS) is 11.7. The van der Waals surface area contributed by atoms with Crippen LogP contribution >= 0.6 is 0 Å². The molecule has 0 saturated heterocycles. The van der Waals surface area contributed by atoms with Crippen molar-refractivity contribution in [2.24, 2.45) is 0 Å². The maximum absolute atomic E-state index is 5.42. The average Bonchev–Trinajstić information content (AvgIpc) is 4.13. The van der Waals surface area contributed by atoms with Gasteiger partial charge in [-0.05, 0) is 77.9 Å². The van der Waals surface area contributed by atoms with Crippen molar-refractivity contribution >= 4 is 65.4 Å². The van der Waals surface area contributed by atoms with Gasteiger partial charge in [0, 0.05) is 65.8 Å². The Labute approximate surface area is 433 Å². The van der Waals surface area contributed by atoms with Gasteiger partial charge in [-0.1, -0.05) is 206 Å². The molecule has 4 aromatic heterocycles. The maximum Gasteiger partial charge on any atom is 0.160 e. The van der Waals surface area contributed by atoms with Crippen molar-refractivity contribution in [1.82, 2.24) is 23.7 Å². The molecule has 0 radical (unpaired) electrons. The number of hydrogen-bond donors (Lipinski definition) is 0. The minimum atomic E-state index is 0.677. The van der Waals surface area contributed by atoms with Crippen LogP contribution in [0, 0.1) is 0 Å². The Balaban J connectivity index is 1.09. The van der Waals surface area contributed by atoms with E-state index >= 15 is 0 Å². The third-order valence-electron chi connectivity index (χ3n) is 15.0. The van der Waals surface area contributed by atoms with E-state index in [1.807, 2.05) is 12.1 Å². The zero-order valence-corrected chi connectivity index (χ0v) is 40.7. The first kappa shape index (κ1) is 42.6. The summed E-state index contributed by atoms with van der Waals surface area (Å²) < 4.78 is 7.46. The van der Waals surface area contributed by atoms with Gasteiger partial charge in [0.15, 0.2) is 5.82 Å². The van der Waals surface area contributed by atoms with Crippen molar-refractivity contribution in [1.29, 1.82) is 0 Å². The van der Waals surface area contributed by atoms with Gasteiger partial charge in [0.2, 0.25) is 0 Å². The summed E-state index contributed by atoms with van der Waals surface area (Å²) in [6.45, 7) is 0. The second-order valence-corrected chi connectivity index (χ2v) is 19.3. The van der Waals surface area contributed by atoms with Crippen molar-refractivity contribution in [2.75, 3.05) is 0 Å². The first-order valence-electron chi connectivity index (χ1n) is 25.6.